The van der Waals surface area contributed by atoms with Gasteiger partial charge < -0.3 is 19.1 Å². The van der Waals surface area contributed by atoms with Gasteiger partial charge in [-0.2, -0.15) is 8.78 Å². The average molecular weight is 357 g/mol. The lowest BCUT2D eigenvalue weighted by Gasteiger charge is -2.20. The zero-order chi connectivity index (χ0) is 18.6. The second-order valence-corrected chi connectivity index (χ2v) is 5.66. The van der Waals surface area contributed by atoms with Crippen LogP contribution in [0.4, 0.5) is 8.78 Å². The molecule has 138 valence electrons. The second-order valence-electron chi connectivity index (χ2n) is 5.66. The summed E-state index contributed by atoms with van der Waals surface area (Å²) in [6, 6.07) is 4.02. The number of nitrogens with zero attached hydrogens (tertiary/aromatic N) is 1. The summed E-state index contributed by atoms with van der Waals surface area (Å²) in [7, 11) is 1.28. The standard InChI is InChI=1S/C17H21F2NO5/c1-4-24-15-8-11(5-6-14(15)25-17(18)19)12-7-13(16(22)23-3)20(9-12)10(2)21/h5-6,8,12-13,17H,4,7,9H2,1-3H3/t12?,13-/m1/s1. The minimum absolute atomic E-state index is 0.0495. The molecule has 2 rings (SSSR count). The number of methoxy groups -OCH3 is 1. The number of ether oxygens (including phenoxy) is 3. The molecule has 1 aromatic carbocycles. The first kappa shape index (κ1) is 19.0. The van der Waals surface area contributed by atoms with Gasteiger partial charge in [-0.25, -0.2) is 4.79 Å². The fourth-order valence-corrected chi connectivity index (χ4v) is 3.03. The third kappa shape index (κ3) is 4.37. The molecule has 0 radical (unpaired) electrons. The van der Waals surface area contributed by atoms with E-state index >= 15 is 0 Å². The molecule has 25 heavy (non-hydrogen) atoms. The minimum atomic E-state index is -2.95. The smallest absolute Gasteiger partial charge is 0.387 e. The van der Waals surface area contributed by atoms with Gasteiger partial charge in [0.1, 0.15) is 6.04 Å². The molecule has 0 bridgehead atoms. The lowest BCUT2D eigenvalue weighted by atomic mass is 9.96. The fourth-order valence-electron chi connectivity index (χ4n) is 3.03. The van der Waals surface area contributed by atoms with Crippen molar-refractivity contribution >= 4 is 11.9 Å². The summed E-state index contributed by atoms with van der Waals surface area (Å²) in [5.74, 6) is -0.670. The van der Waals surface area contributed by atoms with Crippen LogP contribution in [-0.2, 0) is 14.3 Å². The lowest BCUT2D eigenvalue weighted by Crippen LogP contribution is -2.39. The van der Waals surface area contributed by atoms with Gasteiger partial charge in [0.2, 0.25) is 5.91 Å². The number of hydrogen-bond donors (Lipinski definition) is 0. The number of rotatable bonds is 6. The zero-order valence-electron chi connectivity index (χ0n) is 14.3. The van der Waals surface area contributed by atoms with Crippen molar-refractivity contribution < 1.29 is 32.6 Å². The number of carbonyl (C=O) groups is 2. The lowest BCUT2D eigenvalue weighted by molar-refractivity contribution is -0.150. The Morgan fingerprint density at radius 1 is 1.32 bits per heavy atom. The third-order valence-electron chi connectivity index (χ3n) is 4.13. The van der Waals surface area contributed by atoms with Crippen LogP contribution in [0.15, 0.2) is 18.2 Å². The number of amides is 1. The first-order valence-electron chi connectivity index (χ1n) is 7.93. The van der Waals surface area contributed by atoms with E-state index in [0.29, 0.717) is 13.0 Å². The summed E-state index contributed by atoms with van der Waals surface area (Å²) in [5.41, 5.74) is 0.780. The number of hydrogen-bond acceptors (Lipinski definition) is 5. The normalized spacial score (nSPS) is 19.8. The third-order valence-corrected chi connectivity index (χ3v) is 4.13. The average Bonchev–Trinajstić information content (AvgIpc) is 3.01. The van der Waals surface area contributed by atoms with Gasteiger partial charge in [-0.05, 0) is 31.0 Å². The maximum Gasteiger partial charge on any atom is 0.387 e. The summed E-state index contributed by atoms with van der Waals surface area (Å²) < 4.78 is 39.6. The maximum absolute atomic E-state index is 12.5. The Balaban J connectivity index is 2.27. The number of esters is 1. The van der Waals surface area contributed by atoms with E-state index in [4.69, 9.17) is 9.47 Å². The minimum Gasteiger partial charge on any atom is -0.490 e. The number of benzene rings is 1. The van der Waals surface area contributed by atoms with Crippen LogP contribution >= 0.6 is 0 Å². The van der Waals surface area contributed by atoms with E-state index in [0.717, 1.165) is 5.56 Å². The second kappa shape index (κ2) is 8.13. The van der Waals surface area contributed by atoms with Crippen LogP contribution in [0.5, 0.6) is 11.5 Å². The quantitative estimate of drug-likeness (QED) is 0.732. The van der Waals surface area contributed by atoms with Gasteiger partial charge in [-0.3, -0.25) is 4.79 Å². The van der Waals surface area contributed by atoms with E-state index in [1.807, 2.05) is 0 Å². The molecule has 1 heterocycles. The molecule has 0 saturated carbocycles. The van der Waals surface area contributed by atoms with Gasteiger partial charge in [0, 0.05) is 19.4 Å². The van der Waals surface area contributed by atoms with E-state index in [-0.39, 0.29) is 29.9 Å². The van der Waals surface area contributed by atoms with Crippen molar-refractivity contribution in [3.05, 3.63) is 23.8 Å². The number of halogens is 2. The molecule has 2 atom stereocenters. The molecule has 1 fully saturated rings. The van der Waals surface area contributed by atoms with Gasteiger partial charge in [0.25, 0.3) is 0 Å². The van der Waals surface area contributed by atoms with Crippen LogP contribution in [-0.4, -0.2) is 49.7 Å². The number of likely N-dealkylation sites (tertiary alicyclic amines) is 1. The molecule has 1 amide bonds. The Morgan fingerprint density at radius 2 is 2.04 bits per heavy atom. The van der Waals surface area contributed by atoms with Crippen molar-refractivity contribution in [2.75, 3.05) is 20.3 Å². The highest BCUT2D eigenvalue weighted by atomic mass is 19.3. The van der Waals surface area contributed by atoms with Crippen LogP contribution in [0.1, 0.15) is 31.7 Å². The highest BCUT2D eigenvalue weighted by Crippen LogP contribution is 2.37. The Hall–Kier alpha value is -2.38. The summed E-state index contributed by atoms with van der Waals surface area (Å²) in [6.45, 7) is 0.810. The van der Waals surface area contributed by atoms with E-state index in [9.17, 15) is 18.4 Å². The highest BCUT2D eigenvalue weighted by molar-refractivity contribution is 5.84. The molecule has 8 heteroatoms. The largest absolute Gasteiger partial charge is 0.490 e. The van der Waals surface area contributed by atoms with Crippen molar-refractivity contribution in [2.24, 2.45) is 0 Å². The molecular weight excluding hydrogens is 336 g/mol. The molecule has 0 N–H and O–H groups in total. The molecule has 1 aliphatic rings. The predicted molar refractivity (Wildman–Crippen MR) is 84.8 cm³/mol. The van der Waals surface area contributed by atoms with Crippen LogP contribution in [0.3, 0.4) is 0 Å². The van der Waals surface area contributed by atoms with Crippen LogP contribution in [0.2, 0.25) is 0 Å². The van der Waals surface area contributed by atoms with Crippen LogP contribution in [0, 0.1) is 0 Å². The summed E-state index contributed by atoms with van der Waals surface area (Å²) in [5, 5.41) is 0. The van der Waals surface area contributed by atoms with Gasteiger partial charge in [0.05, 0.1) is 13.7 Å². The van der Waals surface area contributed by atoms with Crippen LogP contribution in [0.25, 0.3) is 0 Å². The zero-order valence-corrected chi connectivity index (χ0v) is 14.3. The molecule has 0 aromatic heterocycles. The van der Waals surface area contributed by atoms with Gasteiger partial charge in [-0.1, -0.05) is 6.07 Å². The van der Waals surface area contributed by atoms with Gasteiger partial charge >= 0.3 is 12.6 Å². The van der Waals surface area contributed by atoms with E-state index in [2.05, 4.69) is 4.74 Å². The predicted octanol–water partition coefficient (Wildman–Crippen LogP) is 2.56. The van der Waals surface area contributed by atoms with E-state index in [1.165, 1.54) is 25.0 Å². The molecular formula is C17H21F2NO5. The molecule has 1 aromatic rings. The van der Waals surface area contributed by atoms with E-state index < -0.39 is 18.6 Å². The van der Waals surface area contributed by atoms with Crippen molar-refractivity contribution in [2.45, 2.75) is 38.8 Å². The van der Waals surface area contributed by atoms with E-state index in [1.54, 1.807) is 19.1 Å². The van der Waals surface area contributed by atoms with Crippen molar-refractivity contribution in [1.29, 1.82) is 0 Å². The van der Waals surface area contributed by atoms with Crippen molar-refractivity contribution in [1.82, 2.24) is 4.90 Å². The first-order valence-corrected chi connectivity index (χ1v) is 7.93. The summed E-state index contributed by atoms with van der Waals surface area (Å²) >= 11 is 0. The monoisotopic (exact) mass is 357 g/mol. The Bertz CT molecular complexity index is 637. The Morgan fingerprint density at radius 3 is 2.60 bits per heavy atom. The number of carbonyl (C=O) groups excluding carboxylic acids is 2. The number of alkyl halides is 2. The Labute approximate surface area is 144 Å². The molecule has 0 aliphatic carbocycles. The highest BCUT2D eigenvalue weighted by Gasteiger charge is 2.39. The van der Waals surface area contributed by atoms with Gasteiger partial charge in [0.15, 0.2) is 11.5 Å². The molecule has 0 spiro atoms. The molecule has 1 saturated heterocycles. The van der Waals surface area contributed by atoms with Crippen LogP contribution < -0.4 is 9.47 Å². The van der Waals surface area contributed by atoms with Gasteiger partial charge in [-0.15, -0.1) is 0 Å². The SMILES string of the molecule is CCOc1cc(C2C[C@H](C(=O)OC)N(C(C)=O)C2)ccc1OC(F)F. The fraction of sp³-hybridized carbons (Fsp3) is 0.529. The topological polar surface area (TPSA) is 65.1 Å². The first-order chi connectivity index (χ1) is 11.9. The Kier molecular flexibility index (Phi) is 6.17. The molecule has 1 unspecified atom stereocenters. The molecule has 1 aliphatic heterocycles. The summed E-state index contributed by atoms with van der Waals surface area (Å²) in [6.07, 6.45) is 0.396. The molecule has 6 nitrogen and oxygen atoms in total. The van der Waals surface area contributed by atoms with Crippen molar-refractivity contribution in [3.63, 3.8) is 0 Å². The maximum atomic E-state index is 12.5. The van der Waals surface area contributed by atoms with Crippen molar-refractivity contribution in [3.8, 4) is 11.5 Å². The summed E-state index contributed by atoms with van der Waals surface area (Å²) in [4.78, 5) is 25.2.